The van der Waals surface area contributed by atoms with Crippen molar-refractivity contribution in [3.8, 4) is 5.88 Å². The molecule has 1 amide bonds. The van der Waals surface area contributed by atoms with Gasteiger partial charge in [0.1, 0.15) is 6.61 Å². The van der Waals surface area contributed by atoms with E-state index in [0.717, 1.165) is 0 Å². The number of carbonyl (C=O) groups is 1. The molecule has 0 radical (unpaired) electrons. The van der Waals surface area contributed by atoms with Crippen LogP contribution in [0, 0.1) is 0 Å². The average Bonchev–Trinajstić information content (AvgIpc) is 2.49. The van der Waals surface area contributed by atoms with E-state index in [0.29, 0.717) is 36.0 Å². The Hall–Kier alpha value is -2.60. The van der Waals surface area contributed by atoms with Crippen LogP contribution in [0.2, 0.25) is 0 Å². The van der Waals surface area contributed by atoms with Crippen LogP contribution in [-0.2, 0) is 4.74 Å². The Morgan fingerprint density at radius 3 is 2.71 bits per heavy atom. The zero-order valence-electron chi connectivity index (χ0n) is 11.7. The van der Waals surface area contributed by atoms with Crippen molar-refractivity contribution >= 4 is 17.3 Å². The molecule has 0 atom stereocenters. The molecule has 6 heteroatoms. The van der Waals surface area contributed by atoms with Gasteiger partial charge in [-0.2, -0.15) is 0 Å². The van der Waals surface area contributed by atoms with Crippen molar-refractivity contribution in [2.75, 3.05) is 31.4 Å². The van der Waals surface area contributed by atoms with E-state index in [2.05, 4.69) is 10.3 Å². The Morgan fingerprint density at radius 2 is 2.05 bits per heavy atom. The minimum Gasteiger partial charge on any atom is -0.475 e. The molecule has 6 nitrogen and oxygen atoms in total. The molecule has 2 rings (SSSR count). The highest BCUT2D eigenvalue weighted by Crippen LogP contribution is 2.15. The Morgan fingerprint density at radius 1 is 1.24 bits per heavy atom. The molecule has 21 heavy (non-hydrogen) atoms. The van der Waals surface area contributed by atoms with E-state index in [4.69, 9.17) is 15.2 Å². The second-order valence-corrected chi connectivity index (χ2v) is 4.27. The number of nitrogen functional groups attached to an aromatic ring is 1. The molecule has 0 aliphatic rings. The lowest BCUT2D eigenvalue weighted by Gasteiger charge is -2.08. The first-order valence-corrected chi connectivity index (χ1v) is 6.44. The van der Waals surface area contributed by atoms with Crippen LogP contribution in [0.4, 0.5) is 11.4 Å². The highest BCUT2D eigenvalue weighted by Gasteiger charge is 2.09. The van der Waals surface area contributed by atoms with Crippen LogP contribution in [-0.4, -0.2) is 31.2 Å². The molecule has 0 aliphatic heterocycles. The van der Waals surface area contributed by atoms with Crippen molar-refractivity contribution in [3.05, 3.63) is 48.2 Å². The number of pyridine rings is 1. The van der Waals surface area contributed by atoms with Gasteiger partial charge in [-0.1, -0.05) is 12.1 Å². The first kappa shape index (κ1) is 14.8. The molecule has 0 saturated heterocycles. The summed E-state index contributed by atoms with van der Waals surface area (Å²) < 4.78 is 10.2. The number of nitrogens with two attached hydrogens (primary N) is 1. The molecule has 0 fully saturated rings. The number of ether oxygens (including phenoxy) is 2. The lowest BCUT2D eigenvalue weighted by atomic mass is 10.1. The van der Waals surface area contributed by atoms with Crippen LogP contribution < -0.4 is 15.8 Å². The second-order valence-electron chi connectivity index (χ2n) is 4.27. The number of rotatable bonds is 6. The molecule has 0 unspecified atom stereocenters. The van der Waals surface area contributed by atoms with Crippen LogP contribution in [0.3, 0.4) is 0 Å². The predicted molar refractivity (Wildman–Crippen MR) is 80.4 cm³/mol. The van der Waals surface area contributed by atoms with Crippen molar-refractivity contribution < 1.29 is 14.3 Å². The summed E-state index contributed by atoms with van der Waals surface area (Å²) in [5, 5.41) is 2.73. The van der Waals surface area contributed by atoms with Gasteiger partial charge in [-0.15, -0.1) is 0 Å². The van der Waals surface area contributed by atoms with E-state index in [1.165, 1.54) is 6.20 Å². The van der Waals surface area contributed by atoms with Crippen molar-refractivity contribution in [2.45, 2.75) is 0 Å². The van der Waals surface area contributed by atoms with Gasteiger partial charge in [-0.3, -0.25) is 4.79 Å². The number of methoxy groups -OCH3 is 1. The summed E-state index contributed by atoms with van der Waals surface area (Å²) in [5.41, 5.74) is 7.19. The van der Waals surface area contributed by atoms with Crippen LogP contribution in [0.5, 0.6) is 5.88 Å². The van der Waals surface area contributed by atoms with Crippen molar-refractivity contribution in [1.82, 2.24) is 4.98 Å². The van der Waals surface area contributed by atoms with Crippen LogP contribution in [0.1, 0.15) is 10.4 Å². The standard InChI is InChI=1S/C15H17N3O3/c1-20-8-9-21-14-7-6-11(10-17-14)18-15(19)12-4-2-3-5-13(12)16/h2-7,10H,8-9,16H2,1H3,(H,18,19). The van der Waals surface area contributed by atoms with Gasteiger partial charge in [0.15, 0.2) is 0 Å². The topological polar surface area (TPSA) is 86.5 Å². The fraction of sp³-hybridized carbons (Fsp3) is 0.200. The molecule has 0 aliphatic carbocycles. The van der Waals surface area contributed by atoms with Gasteiger partial charge >= 0.3 is 0 Å². The number of anilines is 2. The molecule has 1 aromatic carbocycles. The lowest BCUT2D eigenvalue weighted by Crippen LogP contribution is -2.14. The molecule has 2 aromatic rings. The number of nitrogens with one attached hydrogen (secondary N) is 1. The Labute approximate surface area is 122 Å². The van der Waals surface area contributed by atoms with Crippen molar-refractivity contribution in [1.29, 1.82) is 0 Å². The largest absolute Gasteiger partial charge is 0.475 e. The lowest BCUT2D eigenvalue weighted by molar-refractivity contribution is 0.102. The normalized spacial score (nSPS) is 10.1. The first-order chi connectivity index (χ1) is 10.2. The van der Waals surface area contributed by atoms with E-state index in [-0.39, 0.29) is 5.91 Å². The zero-order chi connectivity index (χ0) is 15.1. The number of aromatic nitrogens is 1. The summed E-state index contributed by atoms with van der Waals surface area (Å²) in [6, 6.07) is 10.3. The summed E-state index contributed by atoms with van der Waals surface area (Å²) in [7, 11) is 1.60. The maximum Gasteiger partial charge on any atom is 0.257 e. The molecule has 110 valence electrons. The Balaban J connectivity index is 1.97. The van der Waals surface area contributed by atoms with Gasteiger partial charge in [0.05, 0.1) is 24.1 Å². The van der Waals surface area contributed by atoms with Gasteiger partial charge in [0.2, 0.25) is 5.88 Å². The number of benzene rings is 1. The molecular weight excluding hydrogens is 270 g/mol. The minimum absolute atomic E-state index is 0.275. The summed E-state index contributed by atoms with van der Waals surface area (Å²) >= 11 is 0. The van der Waals surface area contributed by atoms with Gasteiger partial charge in [0, 0.05) is 18.9 Å². The monoisotopic (exact) mass is 287 g/mol. The molecule has 0 bridgehead atoms. The third-order valence-corrected chi connectivity index (χ3v) is 2.74. The van der Waals surface area contributed by atoms with Gasteiger partial charge < -0.3 is 20.5 Å². The van der Waals surface area contributed by atoms with E-state index in [1.54, 1.807) is 43.5 Å². The van der Waals surface area contributed by atoms with Crippen molar-refractivity contribution in [2.24, 2.45) is 0 Å². The van der Waals surface area contributed by atoms with E-state index < -0.39 is 0 Å². The van der Waals surface area contributed by atoms with E-state index in [9.17, 15) is 4.79 Å². The summed E-state index contributed by atoms with van der Waals surface area (Å²) in [4.78, 5) is 16.2. The second kappa shape index (κ2) is 7.25. The van der Waals surface area contributed by atoms with Gasteiger partial charge in [-0.25, -0.2) is 4.98 Å². The summed E-state index contributed by atoms with van der Waals surface area (Å²) in [6.07, 6.45) is 1.53. The van der Waals surface area contributed by atoms with Gasteiger partial charge in [-0.05, 0) is 18.2 Å². The Bertz CT molecular complexity index is 599. The smallest absolute Gasteiger partial charge is 0.257 e. The van der Waals surface area contributed by atoms with Crippen molar-refractivity contribution in [3.63, 3.8) is 0 Å². The number of amides is 1. The molecular formula is C15H17N3O3. The highest BCUT2D eigenvalue weighted by molar-refractivity contribution is 6.07. The predicted octanol–water partition coefficient (Wildman–Crippen LogP) is 1.94. The summed E-state index contributed by atoms with van der Waals surface area (Å²) in [5.74, 6) is 0.201. The molecule has 3 N–H and O–H groups in total. The maximum absolute atomic E-state index is 12.1. The zero-order valence-corrected chi connectivity index (χ0v) is 11.7. The highest BCUT2D eigenvalue weighted by atomic mass is 16.5. The quantitative estimate of drug-likeness (QED) is 0.626. The van der Waals surface area contributed by atoms with Crippen LogP contribution in [0.25, 0.3) is 0 Å². The SMILES string of the molecule is COCCOc1ccc(NC(=O)c2ccccc2N)cn1. The molecule has 1 heterocycles. The third kappa shape index (κ3) is 4.19. The van der Waals surface area contributed by atoms with Crippen LogP contribution >= 0.6 is 0 Å². The maximum atomic E-state index is 12.1. The van der Waals surface area contributed by atoms with E-state index in [1.807, 2.05) is 0 Å². The third-order valence-electron chi connectivity index (χ3n) is 2.74. The molecule has 0 spiro atoms. The number of hydrogen-bond donors (Lipinski definition) is 2. The fourth-order valence-electron chi connectivity index (χ4n) is 1.67. The Kier molecular flexibility index (Phi) is 5.11. The first-order valence-electron chi connectivity index (χ1n) is 6.44. The number of carbonyl (C=O) groups excluding carboxylic acids is 1. The fourth-order valence-corrected chi connectivity index (χ4v) is 1.67. The minimum atomic E-state index is -0.275. The van der Waals surface area contributed by atoms with Gasteiger partial charge in [0.25, 0.3) is 5.91 Å². The number of para-hydroxylation sites is 1. The number of nitrogens with zero attached hydrogens (tertiary/aromatic N) is 1. The van der Waals surface area contributed by atoms with Crippen LogP contribution in [0.15, 0.2) is 42.6 Å². The summed E-state index contributed by atoms with van der Waals surface area (Å²) in [6.45, 7) is 0.920. The average molecular weight is 287 g/mol. The van der Waals surface area contributed by atoms with E-state index >= 15 is 0 Å². The number of hydrogen-bond acceptors (Lipinski definition) is 5. The molecule has 1 aromatic heterocycles. The molecule has 0 saturated carbocycles.